The van der Waals surface area contributed by atoms with Gasteiger partial charge in [0.1, 0.15) is 12.3 Å². The lowest BCUT2D eigenvalue weighted by Gasteiger charge is -2.13. The molecule has 0 atom stereocenters. The molecule has 0 aromatic heterocycles. The van der Waals surface area contributed by atoms with Crippen LogP contribution in [0.1, 0.15) is 25.0 Å². The lowest BCUT2D eigenvalue weighted by atomic mass is 10.2. The second kappa shape index (κ2) is 10.8. The van der Waals surface area contributed by atoms with Gasteiger partial charge in [0.2, 0.25) is 0 Å². The van der Waals surface area contributed by atoms with Crippen LogP contribution in [0.25, 0.3) is 6.08 Å². The fourth-order valence-electron chi connectivity index (χ4n) is 2.86. The van der Waals surface area contributed by atoms with Crippen LogP contribution in [0.3, 0.4) is 0 Å². The number of ether oxygens (including phenoxy) is 2. The molecular formula is C24H24N2O6S. The van der Waals surface area contributed by atoms with Crippen molar-refractivity contribution in [2.24, 2.45) is 0 Å². The minimum absolute atomic E-state index is 0.154. The largest absolute Gasteiger partial charge is 0.484 e. The normalized spacial score (nSPS) is 14.7. The van der Waals surface area contributed by atoms with Crippen molar-refractivity contribution in [1.29, 1.82) is 0 Å². The highest BCUT2D eigenvalue weighted by Crippen LogP contribution is 2.32. The average Bonchev–Trinajstić information content (AvgIpc) is 3.01. The van der Waals surface area contributed by atoms with Gasteiger partial charge in [-0.2, -0.15) is 0 Å². The second-order valence-corrected chi connectivity index (χ2v) is 8.57. The Kier molecular flexibility index (Phi) is 7.89. The van der Waals surface area contributed by atoms with Crippen LogP contribution in [0, 0.1) is 6.92 Å². The maximum atomic E-state index is 12.5. The van der Waals surface area contributed by atoms with Gasteiger partial charge in [0, 0.05) is 5.69 Å². The third-order valence-corrected chi connectivity index (χ3v) is 5.32. The molecule has 0 aliphatic carbocycles. The SMILES string of the molecule is Cc1ccc(NC(=O)COc2ccc(/C=C3\SC(=O)N(CC(=O)OC(C)C)C3=O)cc2)cc1. The topological polar surface area (TPSA) is 102 Å². The smallest absolute Gasteiger partial charge is 0.326 e. The molecule has 2 aromatic carbocycles. The number of carbonyl (C=O) groups excluding carboxylic acids is 4. The van der Waals surface area contributed by atoms with Crippen molar-refractivity contribution in [2.75, 3.05) is 18.5 Å². The minimum Gasteiger partial charge on any atom is -0.484 e. The fourth-order valence-corrected chi connectivity index (χ4v) is 3.70. The number of rotatable bonds is 8. The molecule has 3 amide bonds. The van der Waals surface area contributed by atoms with E-state index in [0.29, 0.717) is 17.0 Å². The van der Waals surface area contributed by atoms with Crippen LogP contribution in [-0.4, -0.2) is 47.2 Å². The third-order valence-electron chi connectivity index (χ3n) is 4.41. The van der Waals surface area contributed by atoms with Crippen molar-refractivity contribution in [3.05, 3.63) is 64.6 Å². The predicted molar refractivity (Wildman–Crippen MR) is 126 cm³/mol. The highest BCUT2D eigenvalue weighted by atomic mass is 32.2. The van der Waals surface area contributed by atoms with E-state index in [1.807, 2.05) is 31.2 Å². The summed E-state index contributed by atoms with van der Waals surface area (Å²) in [6, 6.07) is 14.2. The molecule has 9 heteroatoms. The highest BCUT2D eigenvalue weighted by Gasteiger charge is 2.36. The van der Waals surface area contributed by atoms with Gasteiger partial charge in [-0.3, -0.25) is 24.1 Å². The van der Waals surface area contributed by atoms with E-state index in [-0.39, 0.29) is 23.5 Å². The Morgan fingerprint density at radius 1 is 1.06 bits per heavy atom. The van der Waals surface area contributed by atoms with E-state index in [2.05, 4.69) is 5.32 Å². The Morgan fingerprint density at radius 2 is 1.73 bits per heavy atom. The lowest BCUT2D eigenvalue weighted by Crippen LogP contribution is -2.35. The number of esters is 1. The monoisotopic (exact) mass is 468 g/mol. The molecule has 1 N–H and O–H groups in total. The predicted octanol–water partition coefficient (Wildman–Crippen LogP) is 4.00. The Morgan fingerprint density at radius 3 is 2.36 bits per heavy atom. The van der Waals surface area contributed by atoms with Gasteiger partial charge >= 0.3 is 5.97 Å². The first kappa shape index (κ1) is 24.1. The molecule has 0 radical (unpaired) electrons. The summed E-state index contributed by atoms with van der Waals surface area (Å²) in [6.07, 6.45) is 1.23. The molecule has 1 fully saturated rings. The summed E-state index contributed by atoms with van der Waals surface area (Å²) in [7, 11) is 0. The number of anilines is 1. The first-order valence-corrected chi connectivity index (χ1v) is 11.1. The number of benzene rings is 2. The molecule has 0 bridgehead atoms. The van der Waals surface area contributed by atoms with E-state index in [9.17, 15) is 19.2 Å². The summed E-state index contributed by atoms with van der Waals surface area (Å²) in [5, 5.41) is 2.23. The Labute approximate surface area is 195 Å². The Hall–Kier alpha value is -3.59. The molecule has 3 rings (SSSR count). The second-order valence-electron chi connectivity index (χ2n) is 7.58. The van der Waals surface area contributed by atoms with Gasteiger partial charge in [0.25, 0.3) is 17.1 Å². The number of aryl methyl sites for hydroxylation is 1. The summed E-state index contributed by atoms with van der Waals surface area (Å²) in [6.45, 7) is 4.77. The molecule has 33 heavy (non-hydrogen) atoms. The van der Waals surface area contributed by atoms with Crippen LogP contribution in [0.2, 0.25) is 0 Å². The number of nitrogens with one attached hydrogen (secondary N) is 1. The van der Waals surface area contributed by atoms with Gasteiger partial charge in [-0.1, -0.05) is 29.8 Å². The van der Waals surface area contributed by atoms with Crippen LogP contribution >= 0.6 is 11.8 Å². The van der Waals surface area contributed by atoms with Gasteiger partial charge in [0.05, 0.1) is 11.0 Å². The number of thioether (sulfide) groups is 1. The van der Waals surface area contributed by atoms with E-state index in [4.69, 9.17) is 9.47 Å². The summed E-state index contributed by atoms with van der Waals surface area (Å²) in [4.78, 5) is 49.5. The van der Waals surface area contributed by atoms with Crippen LogP contribution in [0.4, 0.5) is 10.5 Å². The van der Waals surface area contributed by atoms with Crippen molar-refractivity contribution in [3.63, 3.8) is 0 Å². The van der Waals surface area contributed by atoms with Crippen molar-refractivity contribution < 1.29 is 28.7 Å². The Bertz CT molecular complexity index is 1080. The van der Waals surface area contributed by atoms with Crippen LogP contribution in [0.5, 0.6) is 5.75 Å². The zero-order valence-corrected chi connectivity index (χ0v) is 19.3. The zero-order chi connectivity index (χ0) is 24.0. The maximum Gasteiger partial charge on any atom is 0.326 e. The van der Waals surface area contributed by atoms with Crippen molar-refractivity contribution >= 4 is 46.5 Å². The third kappa shape index (κ3) is 6.95. The van der Waals surface area contributed by atoms with Crippen molar-refractivity contribution in [1.82, 2.24) is 4.90 Å². The van der Waals surface area contributed by atoms with E-state index < -0.39 is 23.7 Å². The standard InChI is InChI=1S/C24H24N2O6S/c1-15(2)32-22(28)13-26-23(29)20(33-24(26)30)12-17-6-10-19(11-7-17)31-14-21(27)25-18-8-4-16(3)5-9-18/h4-12,15H,13-14H2,1-3H3,(H,25,27)/b20-12-. The molecule has 1 saturated heterocycles. The number of amides is 3. The lowest BCUT2D eigenvalue weighted by molar-refractivity contribution is -0.149. The van der Waals surface area contributed by atoms with Gasteiger partial charge < -0.3 is 14.8 Å². The molecular weight excluding hydrogens is 444 g/mol. The summed E-state index contributed by atoms with van der Waals surface area (Å²) in [5.41, 5.74) is 2.46. The molecule has 2 aromatic rings. The van der Waals surface area contributed by atoms with Gasteiger partial charge in [-0.05, 0) is 68.4 Å². The molecule has 1 heterocycles. The van der Waals surface area contributed by atoms with Crippen molar-refractivity contribution in [3.8, 4) is 5.75 Å². The number of hydrogen-bond acceptors (Lipinski definition) is 7. The van der Waals surface area contributed by atoms with Gasteiger partial charge in [-0.15, -0.1) is 0 Å². The molecule has 172 valence electrons. The van der Waals surface area contributed by atoms with Crippen LogP contribution in [0.15, 0.2) is 53.4 Å². The molecule has 1 aliphatic heterocycles. The fraction of sp³-hybridized carbons (Fsp3) is 0.250. The summed E-state index contributed by atoms with van der Waals surface area (Å²) >= 11 is 0.764. The number of nitrogens with zero attached hydrogens (tertiary/aromatic N) is 1. The summed E-state index contributed by atoms with van der Waals surface area (Å²) in [5.74, 6) is -0.983. The molecule has 0 spiro atoms. The first-order valence-electron chi connectivity index (χ1n) is 10.3. The van der Waals surface area contributed by atoms with E-state index >= 15 is 0 Å². The first-order chi connectivity index (χ1) is 15.7. The van der Waals surface area contributed by atoms with E-state index in [0.717, 1.165) is 22.2 Å². The van der Waals surface area contributed by atoms with E-state index in [1.165, 1.54) is 0 Å². The molecule has 0 saturated carbocycles. The summed E-state index contributed by atoms with van der Waals surface area (Å²) < 4.78 is 10.5. The molecule has 0 unspecified atom stereocenters. The van der Waals surface area contributed by atoms with Gasteiger partial charge in [-0.25, -0.2) is 0 Å². The zero-order valence-electron chi connectivity index (χ0n) is 18.5. The van der Waals surface area contributed by atoms with Gasteiger partial charge in [0.15, 0.2) is 6.61 Å². The number of imide groups is 1. The minimum atomic E-state index is -0.638. The quantitative estimate of drug-likeness (QED) is 0.461. The number of hydrogen-bond donors (Lipinski definition) is 1. The van der Waals surface area contributed by atoms with Crippen LogP contribution < -0.4 is 10.1 Å². The Balaban J connectivity index is 1.54. The average molecular weight is 469 g/mol. The highest BCUT2D eigenvalue weighted by molar-refractivity contribution is 8.18. The van der Waals surface area contributed by atoms with E-state index in [1.54, 1.807) is 44.2 Å². The molecule has 1 aliphatic rings. The van der Waals surface area contributed by atoms with Crippen molar-refractivity contribution in [2.45, 2.75) is 26.9 Å². The van der Waals surface area contributed by atoms with Crippen LogP contribution in [-0.2, 0) is 19.1 Å². The maximum absolute atomic E-state index is 12.5. The molecule has 8 nitrogen and oxygen atoms in total. The number of carbonyl (C=O) groups is 4.